The molecule has 1 amide bonds. The van der Waals surface area contributed by atoms with Gasteiger partial charge in [-0.2, -0.15) is 5.10 Å². The molecule has 4 aromatic rings. The molecular weight excluding hydrogens is 451 g/mol. The number of nitrogens with zero attached hydrogens (tertiary/aromatic N) is 6. The number of fused-ring (bicyclic) bond motifs is 1. The number of pyridine rings is 1. The molecule has 0 atom stereocenters. The second kappa shape index (κ2) is 8.48. The van der Waals surface area contributed by atoms with Crippen LogP contribution in [-0.2, 0) is 6.54 Å². The van der Waals surface area contributed by atoms with E-state index in [0.29, 0.717) is 49.1 Å². The first kappa shape index (κ1) is 20.8. The number of aromatic nitrogens is 4. The Bertz CT molecular complexity index is 1250. The summed E-state index contributed by atoms with van der Waals surface area (Å²) in [5.74, 6) is -0.419. The lowest BCUT2D eigenvalue weighted by atomic mass is 10.2. The summed E-state index contributed by atoms with van der Waals surface area (Å²) in [5.41, 5.74) is 2.75. The van der Waals surface area contributed by atoms with Crippen LogP contribution in [0.25, 0.3) is 10.3 Å². The number of amides is 1. The quantitative estimate of drug-likeness (QED) is 0.451. The Morgan fingerprint density at radius 2 is 1.91 bits per heavy atom. The van der Waals surface area contributed by atoms with Crippen molar-refractivity contribution in [2.24, 2.45) is 0 Å². The summed E-state index contributed by atoms with van der Waals surface area (Å²) < 4.78 is 14.8. The first-order chi connectivity index (χ1) is 15.5. The van der Waals surface area contributed by atoms with Gasteiger partial charge in [0, 0.05) is 32.4 Å². The topological polar surface area (TPSA) is 67.2 Å². The van der Waals surface area contributed by atoms with Gasteiger partial charge in [0.15, 0.2) is 5.13 Å². The zero-order valence-corrected chi connectivity index (χ0v) is 18.9. The van der Waals surface area contributed by atoms with E-state index in [-0.39, 0.29) is 11.7 Å². The van der Waals surface area contributed by atoms with Crippen molar-refractivity contribution in [3.63, 3.8) is 0 Å². The fourth-order valence-electron chi connectivity index (χ4n) is 3.82. The standard InChI is InChI=1S/C22H20ClFN6OS/c1-14-18(19(23)30(27-14)13-15-4-6-16(24)7-5-15)21(31)28-9-11-29(12-10-28)22-26-17-3-2-8-25-20(17)32-22/h2-8H,9-13H2,1H3. The first-order valence-corrected chi connectivity index (χ1v) is 11.4. The van der Waals surface area contributed by atoms with E-state index in [9.17, 15) is 9.18 Å². The molecule has 4 heterocycles. The van der Waals surface area contributed by atoms with Gasteiger partial charge in [-0.3, -0.25) is 4.79 Å². The van der Waals surface area contributed by atoms with Gasteiger partial charge in [-0.05, 0) is 36.8 Å². The molecule has 1 fully saturated rings. The Labute approximate surface area is 193 Å². The summed E-state index contributed by atoms with van der Waals surface area (Å²) in [4.78, 5) is 27.2. The van der Waals surface area contributed by atoms with E-state index in [1.54, 1.807) is 46.2 Å². The zero-order valence-electron chi connectivity index (χ0n) is 17.3. The maximum absolute atomic E-state index is 13.2. The zero-order chi connectivity index (χ0) is 22.2. The van der Waals surface area contributed by atoms with Crippen LogP contribution in [-0.4, -0.2) is 56.7 Å². The molecule has 1 aromatic carbocycles. The molecule has 7 nitrogen and oxygen atoms in total. The number of carbonyl (C=O) groups is 1. The minimum Gasteiger partial charge on any atom is -0.344 e. The van der Waals surface area contributed by atoms with E-state index < -0.39 is 0 Å². The van der Waals surface area contributed by atoms with Crippen molar-refractivity contribution in [3.05, 3.63) is 70.4 Å². The Kier molecular flexibility index (Phi) is 5.52. The number of anilines is 1. The Balaban J connectivity index is 1.28. The highest BCUT2D eigenvalue weighted by Crippen LogP contribution is 2.28. The molecule has 0 radical (unpaired) electrons. The molecule has 1 aliphatic heterocycles. The summed E-state index contributed by atoms with van der Waals surface area (Å²) in [6, 6.07) is 9.99. The first-order valence-electron chi connectivity index (χ1n) is 10.2. The van der Waals surface area contributed by atoms with Gasteiger partial charge in [0.25, 0.3) is 5.91 Å². The molecule has 0 N–H and O–H groups in total. The van der Waals surface area contributed by atoms with Crippen LogP contribution in [0.2, 0.25) is 5.15 Å². The Morgan fingerprint density at radius 3 is 2.62 bits per heavy atom. The van der Waals surface area contributed by atoms with E-state index >= 15 is 0 Å². The van der Waals surface area contributed by atoms with Crippen LogP contribution in [0.1, 0.15) is 21.6 Å². The second-order valence-electron chi connectivity index (χ2n) is 7.64. The summed E-state index contributed by atoms with van der Waals surface area (Å²) in [6.45, 7) is 4.66. The van der Waals surface area contributed by atoms with Crippen molar-refractivity contribution in [2.75, 3.05) is 31.1 Å². The lowest BCUT2D eigenvalue weighted by molar-refractivity contribution is 0.0746. The predicted molar refractivity (Wildman–Crippen MR) is 123 cm³/mol. The molecule has 1 saturated heterocycles. The van der Waals surface area contributed by atoms with E-state index in [1.807, 2.05) is 12.1 Å². The monoisotopic (exact) mass is 470 g/mol. The molecule has 1 aliphatic rings. The number of carbonyl (C=O) groups excluding carboxylic acids is 1. The lowest BCUT2D eigenvalue weighted by Crippen LogP contribution is -2.48. The van der Waals surface area contributed by atoms with Crippen LogP contribution in [0.5, 0.6) is 0 Å². The van der Waals surface area contributed by atoms with Crippen LogP contribution in [0.15, 0.2) is 42.6 Å². The Morgan fingerprint density at radius 1 is 1.16 bits per heavy atom. The molecule has 0 bridgehead atoms. The third-order valence-electron chi connectivity index (χ3n) is 5.52. The molecule has 3 aromatic heterocycles. The third kappa shape index (κ3) is 3.93. The molecule has 164 valence electrons. The molecule has 10 heteroatoms. The minimum absolute atomic E-state index is 0.122. The van der Waals surface area contributed by atoms with Crippen molar-refractivity contribution >= 4 is 44.3 Å². The number of benzene rings is 1. The minimum atomic E-state index is -0.298. The molecule has 0 saturated carbocycles. The average Bonchev–Trinajstić information content (AvgIpc) is 3.35. The molecule has 0 unspecified atom stereocenters. The van der Waals surface area contributed by atoms with Gasteiger partial charge in [-0.25, -0.2) is 19.0 Å². The van der Waals surface area contributed by atoms with Crippen LogP contribution < -0.4 is 4.90 Å². The average molecular weight is 471 g/mol. The number of halogens is 2. The van der Waals surface area contributed by atoms with Crippen molar-refractivity contribution < 1.29 is 9.18 Å². The van der Waals surface area contributed by atoms with Crippen molar-refractivity contribution in [3.8, 4) is 0 Å². The lowest BCUT2D eigenvalue weighted by Gasteiger charge is -2.34. The van der Waals surface area contributed by atoms with Gasteiger partial charge < -0.3 is 9.80 Å². The molecular formula is C22H20ClFN6OS. The van der Waals surface area contributed by atoms with Crippen molar-refractivity contribution in [1.29, 1.82) is 0 Å². The maximum atomic E-state index is 13.2. The van der Waals surface area contributed by atoms with Crippen LogP contribution in [0, 0.1) is 12.7 Å². The van der Waals surface area contributed by atoms with Crippen LogP contribution >= 0.6 is 22.9 Å². The van der Waals surface area contributed by atoms with Gasteiger partial charge in [0.2, 0.25) is 0 Å². The van der Waals surface area contributed by atoms with Crippen LogP contribution in [0.4, 0.5) is 9.52 Å². The Hall–Kier alpha value is -3.04. The van der Waals surface area contributed by atoms with Crippen LogP contribution in [0.3, 0.4) is 0 Å². The van der Waals surface area contributed by atoms with Crippen molar-refractivity contribution in [2.45, 2.75) is 13.5 Å². The van der Waals surface area contributed by atoms with Gasteiger partial charge in [0.05, 0.1) is 17.8 Å². The molecule has 0 aliphatic carbocycles. The summed E-state index contributed by atoms with van der Waals surface area (Å²) in [6.07, 6.45) is 1.77. The second-order valence-corrected chi connectivity index (χ2v) is 8.95. The van der Waals surface area contributed by atoms with Gasteiger partial charge in [-0.1, -0.05) is 35.1 Å². The van der Waals surface area contributed by atoms with Gasteiger partial charge >= 0.3 is 0 Å². The summed E-state index contributed by atoms with van der Waals surface area (Å²) >= 11 is 8.11. The number of rotatable bonds is 4. The maximum Gasteiger partial charge on any atom is 0.259 e. The number of piperazine rings is 1. The highest BCUT2D eigenvalue weighted by atomic mass is 35.5. The number of hydrogen-bond acceptors (Lipinski definition) is 6. The highest BCUT2D eigenvalue weighted by molar-refractivity contribution is 7.21. The molecule has 5 rings (SSSR count). The summed E-state index contributed by atoms with van der Waals surface area (Å²) in [5, 5.41) is 5.67. The van der Waals surface area contributed by atoms with Crippen molar-refractivity contribution in [1.82, 2.24) is 24.6 Å². The fourth-order valence-corrected chi connectivity index (χ4v) is 5.09. The van der Waals surface area contributed by atoms with Gasteiger partial charge in [-0.15, -0.1) is 0 Å². The van der Waals surface area contributed by atoms with E-state index in [0.717, 1.165) is 21.0 Å². The molecule has 0 spiro atoms. The third-order valence-corrected chi connectivity index (χ3v) is 6.94. The summed E-state index contributed by atoms with van der Waals surface area (Å²) in [7, 11) is 0. The van der Waals surface area contributed by atoms with E-state index in [1.165, 1.54) is 12.1 Å². The number of aryl methyl sites for hydroxylation is 1. The van der Waals surface area contributed by atoms with Gasteiger partial charge in [0.1, 0.15) is 21.3 Å². The SMILES string of the molecule is Cc1nn(Cc2ccc(F)cc2)c(Cl)c1C(=O)N1CCN(c2nc3cccnc3s2)CC1. The molecule has 32 heavy (non-hydrogen) atoms. The van der Waals surface area contributed by atoms with E-state index in [2.05, 4.69) is 20.0 Å². The smallest absolute Gasteiger partial charge is 0.259 e. The fraction of sp³-hybridized carbons (Fsp3) is 0.273. The predicted octanol–water partition coefficient (Wildman–Crippen LogP) is 4.00. The normalized spacial score (nSPS) is 14.3. The number of hydrogen-bond donors (Lipinski definition) is 0. The van der Waals surface area contributed by atoms with E-state index in [4.69, 9.17) is 11.6 Å². The largest absolute Gasteiger partial charge is 0.344 e. The highest BCUT2D eigenvalue weighted by Gasteiger charge is 2.28. The number of thiazole rings is 1.